The lowest BCUT2D eigenvalue weighted by Gasteiger charge is -2.17. The summed E-state index contributed by atoms with van der Waals surface area (Å²) in [5, 5.41) is 2.99. The Balaban J connectivity index is 1.75. The number of hydrogen-bond donors (Lipinski definition) is 1. The van der Waals surface area contributed by atoms with Crippen LogP contribution < -0.4 is 10.1 Å². The molecule has 1 N–H and O–H groups in total. The van der Waals surface area contributed by atoms with E-state index in [1.165, 1.54) is 31.2 Å². The summed E-state index contributed by atoms with van der Waals surface area (Å²) < 4.78 is 24.4. The van der Waals surface area contributed by atoms with E-state index in [2.05, 4.69) is 5.32 Å². The second kappa shape index (κ2) is 9.61. The number of halogens is 3. The van der Waals surface area contributed by atoms with Crippen LogP contribution in [0.15, 0.2) is 66.7 Å². The lowest BCUT2D eigenvalue weighted by atomic mass is 10.2. The van der Waals surface area contributed by atoms with Crippen LogP contribution in [-0.2, 0) is 4.74 Å². The Kier molecular flexibility index (Phi) is 6.92. The van der Waals surface area contributed by atoms with Gasteiger partial charge in [-0.3, -0.25) is 4.79 Å². The molecule has 0 spiro atoms. The minimum absolute atomic E-state index is 0.0745. The summed E-state index contributed by atoms with van der Waals surface area (Å²) in [4.78, 5) is 24.9. The van der Waals surface area contributed by atoms with Crippen LogP contribution in [0.1, 0.15) is 27.6 Å². The lowest BCUT2D eigenvalue weighted by molar-refractivity contribution is 0.0264. The highest BCUT2D eigenvalue weighted by molar-refractivity contribution is 6.31. The van der Waals surface area contributed by atoms with Crippen molar-refractivity contribution >= 4 is 35.1 Å². The first-order chi connectivity index (χ1) is 14.3. The molecule has 0 radical (unpaired) electrons. The van der Waals surface area contributed by atoms with Crippen LogP contribution in [0, 0.1) is 5.82 Å². The summed E-state index contributed by atoms with van der Waals surface area (Å²) in [5.74, 6) is -1.53. The molecule has 3 aromatic carbocycles. The van der Waals surface area contributed by atoms with Gasteiger partial charge in [0.1, 0.15) is 17.3 Å². The van der Waals surface area contributed by atoms with Gasteiger partial charge in [-0.25, -0.2) is 9.18 Å². The first kappa shape index (κ1) is 21.6. The van der Waals surface area contributed by atoms with Crippen molar-refractivity contribution in [3.8, 4) is 11.5 Å². The van der Waals surface area contributed by atoms with Gasteiger partial charge in [-0.15, -0.1) is 0 Å². The van der Waals surface area contributed by atoms with Gasteiger partial charge in [-0.1, -0.05) is 41.4 Å². The summed E-state index contributed by atoms with van der Waals surface area (Å²) >= 11 is 11.9. The fourth-order valence-electron chi connectivity index (χ4n) is 2.58. The highest BCUT2D eigenvalue weighted by atomic mass is 35.5. The van der Waals surface area contributed by atoms with E-state index in [9.17, 15) is 14.0 Å². The molecule has 0 fully saturated rings. The molecule has 1 amide bonds. The molecule has 3 rings (SSSR count). The number of amides is 1. The second-order valence-electron chi connectivity index (χ2n) is 6.23. The van der Waals surface area contributed by atoms with Crippen LogP contribution in [0.25, 0.3) is 0 Å². The maximum Gasteiger partial charge on any atom is 0.340 e. The molecular weight excluding hydrogens is 432 g/mol. The summed E-state index contributed by atoms with van der Waals surface area (Å²) in [7, 11) is 0. The Morgan fingerprint density at radius 3 is 2.40 bits per heavy atom. The number of nitrogens with one attached hydrogen (secondary N) is 1. The van der Waals surface area contributed by atoms with Gasteiger partial charge in [0.05, 0.1) is 11.1 Å². The van der Waals surface area contributed by atoms with E-state index >= 15 is 0 Å². The zero-order valence-electron chi connectivity index (χ0n) is 15.7. The second-order valence-corrected chi connectivity index (χ2v) is 7.11. The van der Waals surface area contributed by atoms with Gasteiger partial charge in [-0.2, -0.15) is 0 Å². The van der Waals surface area contributed by atoms with Crippen molar-refractivity contribution in [2.75, 3.05) is 0 Å². The van der Waals surface area contributed by atoms with Crippen molar-refractivity contribution in [2.45, 2.75) is 13.2 Å². The maximum atomic E-state index is 13.6. The number of rotatable bonds is 6. The zero-order valence-corrected chi connectivity index (χ0v) is 17.2. The molecule has 0 aliphatic carbocycles. The third-order valence-electron chi connectivity index (χ3n) is 3.88. The molecule has 8 heteroatoms. The van der Waals surface area contributed by atoms with E-state index in [4.69, 9.17) is 32.7 Å². The average Bonchev–Trinajstić information content (AvgIpc) is 2.69. The number of esters is 1. The molecule has 0 saturated heterocycles. The van der Waals surface area contributed by atoms with Crippen LogP contribution in [0.3, 0.4) is 0 Å². The predicted molar refractivity (Wildman–Crippen MR) is 112 cm³/mol. The molecule has 0 unspecified atom stereocenters. The standard InChI is InChI=1S/C22H16Cl2FNO4/c1-13(29-22(28)14-5-3-2-4-6-14)26-21(27)19-11-15(23)7-8-20(19)30-18-10-16(24)9-17(25)12-18/h2-13H,1H3,(H,26,27)/t13-/m0/s1. The highest BCUT2D eigenvalue weighted by Gasteiger charge is 2.19. The van der Waals surface area contributed by atoms with Gasteiger partial charge in [0.15, 0.2) is 6.23 Å². The largest absolute Gasteiger partial charge is 0.456 e. The molecule has 5 nitrogen and oxygen atoms in total. The van der Waals surface area contributed by atoms with E-state index in [1.807, 2.05) is 0 Å². The van der Waals surface area contributed by atoms with Gasteiger partial charge in [0.2, 0.25) is 0 Å². The first-order valence-electron chi connectivity index (χ1n) is 8.82. The Morgan fingerprint density at radius 2 is 1.70 bits per heavy atom. The maximum absolute atomic E-state index is 13.6. The molecule has 0 bridgehead atoms. The van der Waals surface area contributed by atoms with Gasteiger partial charge in [-0.05, 0) is 49.4 Å². The van der Waals surface area contributed by atoms with Crippen molar-refractivity contribution in [3.63, 3.8) is 0 Å². The Bertz CT molecular complexity index is 1060. The molecule has 154 valence electrons. The third kappa shape index (κ3) is 5.72. The number of benzene rings is 3. The number of hydrogen-bond acceptors (Lipinski definition) is 4. The van der Waals surface area contributed by atoms with Gasteiger partial charge < -0.3 is 14.8 Å². The lowest BCUT2D eigenvalue weighted by Crippen LogP contribution is -2.36. The van der Waals surface area contributed by atoms with Crippen LogP contribution in [0.5, 0.6) is 11.5 Å². The molecule has 3 aromatic rings. The monoisotopic (exact) mass is 447 g/mol. The van der Waals surface area contributed by atoms with Gasteiger partial charge in [0, 0.05) is 16.1 Å². The number of carbonyl (C=O) groups excluding carboxylic acids is 2. The molecule has 0 aromatic heterocycles. The fraction of sp³-hybridized carbons (Fsp3) is 0.0909. The summed E-state index contributed by atoms with van der Waals surface area (Å²) in [6, 6.07) is 16.4. The molecule has 0 saturated carbocycles. The van der Waals surface area contributed by atoms with Crippen LogP contribution >= 0.6 is 23.2 Å². The molecule has 1 atom stereocenters. The molecular formula is C22H16Cl2FNO4. The molecule has 0 heterocycles. The van der Waals surface area contributed by atoms with Crippen molar-refractivity contribution in [3.05, 3.63) is 93.7 Å². The van der Waals surface area contributed by atoms with E-state index in [0.29, 0.717) is 10.6 Å². The first-order valence-corrected chi connectivity index (χ1v) is 9.58. The average molecular weight is 448 g/mol. The number of carbonyl (C=O) groups is 2. The van der Waals surface area contributed by atoms with E-state index in [1.54, 1.807) is 30.3 Å². The Morgan fingerprint density at radius 1 is 0.967 bits per heavy atom. The smallest absolute Gasteiger partial charge is 0.340 e. The molecule has 0 aliphatic rings. The van der Waals surface area contributed by atoms with E-state index < -0.39 is 23.9 Å². The zero-order chi connectivity index (χ0) is 21.7. The quantitative estimate of drug-likeness (QED) is 0.379. The molecule has 30 heavy (non-hydrogen) atoms. The minimum Gasteiger partial charge on any atom is -0.456 e. The van der Waals surface area contributed by atoms with Gasteiger partial charge in [0.25, 0.3) is 5.91 Å². The van der Waals surface area contributed by atoms with Crippen molar-refractivity contribution in [1.82, 2.24) is 5.32 Å². The van der Waals surface area contributed by atoms with Crippen molar-refractivity contribution < 1.29 is 23.5 Å². The molecule has 0 aliphatic heterocycles. The van der Waals surface area contributed by atoms with E-state index in [0.717, 1.165) is 12.1 Å². The van der Waals surface area contributed by atoms with Crippen molar-refractivity contribution in [2.24, 2.45) is 0 Å². The minimum atomic E-state index is -0.930. The van der Waals surface area contributed by atoms with Crippen LogP contribution in [0.4, 0.5) is 4.39 Å². The normalized spacial score (nSPS) is 11.5. The van der Waals surface area contributed by atoms with Gasteiger partial charge >= 0.3 is 5.97 Å². The number of ether oxygens (including phenoxy) is 2. The van der Waals surface area contributed by atoms with E-state index in [-0.39, 0.29) is 22.1 Å². The fourth-order valence-corrected chi connectivity index (χ4v) is 2.96. The summed E-state index contributed by atoms with van der Waals surface area (Å²) in [6.07, 6.45) is -0.930. The van der Waals surface area contributed by atoms with Crippen LogP contribution in [0.2, 0.25) is 10.0 Å². The highest BCUT2D eigenvalue weighted by Crippen LogP contribution is 2.30. The summed E-state index contributed by atoms with van der Waals surface area (Å²) in [6.45, 7) is 1.51. The SMILES string of the molecule is C[C@@H](NC(=O)c1cc(Cl)ccc1Oc1cc(F)cc(Cl)c1)OC(=O)c1ccccc1. The third-order valence-corrected chi connectivity index (χ3v) is 4.33. The predicted octanol–water partition coefficient (Wildman–Crippen LogP) is 5.86. The Hall–Kier alpha value is -3.09. The van der Waals surface area contributed by atoms with Crippen molar-refractivity contribution in [1.29, 1.82) is 0 Å². The van der Waals surface area contributed by atoms with Crippen LogP contribution in [-0.4, -0.2) is 18.1 Å². The topological polar surface area (TPSA) is 64.6 Å². The summed E-state index contributed by atoms with van der Waals surface area (Å²) in [5.41, 5.74) is 0.429. The Labute approximate surface area is 182 Å².